The summed E-state index contributed by atoms with van der Waals surface area (Å²) in [6.07, 6.45) is 2.29. The van der Waals surface area contributed by atoms with E-state index in [-0.39, 0.29) is 16.8 Å². The number of hydrogen-bond acceptors (Lipinski definition) is 3. The van der Waals surface area contributed by atoms with Crippen LogP contribution in [0, 0.1) is 5.92 Å². The minimum atomic E-state index is -1.12. The lowest BCUT2D eigenvalue weighted by molar-refractivity contribution is 0.00695. The Morgan fingerprint density at radius 2 is 1.67 bits per heavy atom. The van der Waals surface area contributed by atoms with Crippen LogP contribution in [0.15, 0.2) is 24.3 Å². The van der Waals surface area contributed by atoms with Gasteiger partial charge in [-0.25, -0.2) is 13.7 Å². The minimum Gasteiger partial charge on any atom is -0.456 e. The average Bonchev–Trinajstić information content (AvgIpc) is 3.26. The maximum absolute atomic E-state index is 12.4. The van der Waals surface area contributed by atoms with Crippen LogP contribution >= 0.6 is 0 Å². The first-order chi connectivity index (χ1) is 11.0. The van der Waals surface area contributed by atoms with Crippen LogP contribution in [0.25, 0.3) is 0 Å². The minimum absolute atomic E-state index is 0.0674. The van der Waals surface area contributed by atoms with E-state index >= 15 is 0 Å². The lowest BCUT2D eigenvalue weighted by atomic mass is 10.0. The van der Waals surface area contributed by atoms with Gasteiger partial charge in [-0.2, -0.15) is 0 Å². The lowest BCUT2D eigenvalue weighted by Gasteiger charge is -2.25. The Morgan fingerprint density at radius 3 is 2.08 bits per heavy atom. The predicted octanol–water partition coefficient (Wildman–Crippen LogP) is 4.14. The van der Waals surface area contributed by atoms with Crippen LogP contribution < -0.4 is 4.72 Å². The van der Waals surface area contributed by atoms with E-state index in [0.29, 0.717) is 11.5 Å². The van der Waals surface area contributed by atoms with Crippen molar-refractivity contribution >= 4 is 17.0 Å². The van der Waals surface area contributed by atoms with Gasteiger partial charge in [0.15, 0.2) is 0 Å². The molecule has 0 radical (unpaired) electrons. The highest BCUT2D eigenvalue weighted by atomic mass is 32.2. The summed E-state index contributed by atoms with van der Waals surface area (Å²) in [6, 6.07) is 7.53. The Hall–Kier alpha value is -1.20. The molecule has 1 saturated carbocycles. The van der Waals surface area contributed by atoms with Crippen molar-refractivity contribution in [2.75, 3.05) is 0 Å². The van der Waals surface area contributed by atoms with Gasteiger partial charge in [-0.1, -0.05) is 12.1 Å². The Bertz CT molecular complexity index is 607. The van der Waals surface area contributed by atoms with Gasteiger partial charge in [0.25, 0.3) is 0 Å². The first kappa shape index (κ1) is 19.1. The third-order valence-corrected chi connectivity index (χ3v) is 5.37. The Labute approximate surface area is 148 Å². The summed E-state index contributed by atoms with van der Waals surface area (Å²) in [4.78, 5) is 12.1. The lowest BCUT2D eigenvalue weighted by Crippen LogP contribution is -2.36. The molecule has 0 saturated heterocycles. The van der Waals surface area contributed by atoms with Crippen LogP contribution in [0.1, 0.15) is 76.3 Å². The van der Waals surface area contributed by atoms with Gasteiger partial charge < -0.3 is 4.74 Å². The number of carbonyl (C=O) groups excluding carboxylic acids is 1. The van der Waals surface area contributed by atoms with Crippen molar-refractivity contribution in [3.8, 4) is 0 Å². The molecule has 1 N–H and O–H groups in total. The van der Waals surface area contributed by atoms with Crippen molar-refractivity contribution in [1.82, 2.24) is 4.72 Å². The molecule has 0 bridgehead atoms. The molecule has 1 aromatic carbocycles. The molecule has 2 atom stereocenters. The highest BCUT2D eigenvalue weighted by Crippen LogP contribution is 2.41. The molecule has 1 aliphatic carbocycles. The summed E-state index contributed by atoms with van der Waals surface area (Å²) in [5, 5.41) is 0. The van der Waals surface area contributed by atoms with E-state index in [0.717, 1.165) is 18.4 Å². The van der Waals surface area contributed by atoms with E-state index in [4.69, 9.17) is 4.74 Å². The van der Waals surface area contributed by atoms with Gasteiger partial charge in [0.05, 0.1) is 21.3 Å². The molecule has 4 nitrogen and oxygen atoms in total. The Balaban J connectivity index is 2.12. The number of esters is 1. The van der Waals surface area contributed by atoms with Gasteiger partial charge in [0.2, 0.25) is 0 Å². The molecule has 1 aromatic rings. The quantitative estimate of drug-likeness (QED) is 0.811. The fraction of sp³-hybridized carbons (Fsp3) is 0.632. The number of rotatable bonds is 5. The van der Waals surface area contributed by atoms with E-state index in [1.165, 1.54) is 0 Å². The van der Waals surface area contributed by atoms with Gasteiger partial charge in [-0.3, -0.25) is 0 Å². The molecule has 1 fully saturated rings. The van der Waals surface area contributed by atoms with Crippen molar-refractivity contribution in [3.05, 3.63) is 35.4 Å². The van der Waals surface area contributed by atoms with E-state index in [2.05, 4.69) is 4.72 Å². The second-order valence-electron chi connectivity index (χ2n) is 8.44. The molecule has 0 heterocycles. The largest absolute Gasteiger partial charge is 0.456 e. The molecule has 0 aromatic heterocycles. The van der Waals surface area contributed by atoms with Crippen LogP contribution in [0.5, 0.6) is 0 Å². The number of nitrogens with one attached hydrogen (secondary N) is 1. The van der Waals surface area contributed by atoms with Crippen molar-refractivity contribution < 1.29 is 13.7 Å². The molecule has 0 aliphatic heterocycles. The van der Waals surface area contributed by atoms with Crippen LogP contribution in [-0.2, 0) is 15.7 Å². The van der Waals surface area contributed by atoms with Gasteiger partial charge in [0.1, 0.15) is 5.60 Å². The van der Waals surface area contributed by atoms with Crippen molar-refractivity contribution in [2.45, 2.75) is 70.8 Å². The zero-order valence-corrected chi connectivity index (χ0v) is 16.3. The Kier molecular flexibility index (Phi) is 5.55. The molecular formula is C19H29NO3S. The van der Waals surface area contributed by atoms with E-state index in [1.54, 1.807) is 12.1 Å². The first-order valence-electron chi connectivity index (χ1n) is 8.49. The zero-order chi connectivity index (χ0) is 18.1. The van der Waals surface area contributed by atoms with Crippen LogP contribution in [0.4, 0.5) is 0 Å². The summed E-state index contributed by atoms with van der Waals surface area (Å²) in [5.74, 6) is 0.201. The highest BCUT2D eigenvalue weighted by Gasteiger charge is 2.35. The summed E-state index contributed by atoms with van der Waals surface area (Å²) in [6.45, 7) is 11.5. The molecule has 0 spiro atoms. The fourth-order valence-corrected chi connectivity index (χ4v) is 3.23. The maximum atomic E-state index is 12.4. The van der Waals surface area contributed by atoms with Crippen molar-refractivity contribution in [3.63, 3.8) is 0 Å². The third-order valence-electron chi connectivity index (χ3n) is 3.79. The SMILES string of the molecule is CC(C)(C)OC(=O)c1ccc([C@@H](N[S@](=O)C(C)(C)C)C2CC2)cc1. The third kappa shape index (κ3) is 5.42. The zero-order valence-electron chi connectivity index (χ0n) is 15.5. The average molecular weight is 352 g/mol. The number of ether oxygens (including phenoxy) is 1. The maximum Gasteiger partial charge on any atom is 0.338 e. The second kappa shape index (κ2) is 6.96. The standard InChI is InChI=1S/C19H29NO3S/c1-18(2,3)23-17(21)15-11-9-14(10-12-15)16(13-7-8-13)20-24(22)19(4,5)6/h9-13,16,20H,7-8H2,1-6H3/t16-,24+/m0/s1. The topological polar surface area (TPSA) is 55.4 Å². The summed E-state index contributed by atoms with van der Waals surface area (Å²) in [5.41, 5.74) is 1.11. The predicted molar refractivity (Wildman–Crippen MR) is 98.1 cm³/mol. The molecule has 2 rings (SSSR count). The van der Waals surface area contributed by atoms with E-state index in [1.807, 2.05) is 53.7 Å². The molecule has 0 unspecified atom stereocenters. The molecule has 134 valence electrons. The normalized spacial score (nSPS) is 18.1. The monoisotopic (exact) mass is 351 g/mol. The molecule has 1 aliphatic rings. The van der Waals surface area contributed by atoms with Crippen molar-refractivity contribution in [1.29, 1.82) is 0 Å². The van der Waals surface area contributed by atoms with E-state index in [9.17, 15) is 9.00 Å². The van der Waals surface area contributed by atoms with Crippen LogP contribution in [0.3, 0.4) is 0 Å². The van der Waals surface area contributed by atoms with Crippen LogP contribution in [0.2, 0.25) is 0 Å². The number of hydrogen-bond donors (Lipinski definition) is 1. The van der Waals surface area contributed by atoms with E-state index < -0.39 is 16.6 Å². The fourth-order valence-electron chi connectivity index (χ4n) is 2.32. The number of carbonyl (C=O) groups is 1. The summed E-state index contributed by atoms with van der Waals surface area (Å²) >= 11 is 0. The van der Waals surface area contributed by atoms with Gasteiger partial charge in [-0.05, 0) is 78.0 Å². The summed E-state index contributed by atoms with van der Waals surface area (Å²) in [7, 11) is -1.12. The Morgan fingerprint density at radius 1 is 1.12 bits per heavy atom. The molecule has 5 heteroatoms. The van der Waals surface area contributed by atoms with Gasteiger partial charge in [-0.15, -0.1) is 0 Å². The molecule has 0 amide bonds. The van der Waals surface area contributed by atoms with Gasteiger partial charge >= 0.3 is 5.97 Å². The number of benzene rings is 1. The van der Waals surface area contributed by atoms with Crippen LogP contribution in [-0.4, -0.2) is 20.5 Å². The second-order valence-corrected chi connectivity index (χ2v) is 10.4. The highest BCUT2D eigenvalue weighted by molar-refractivity contribution is 7.84. The van der Waals surface area contributed by atoms with Gasteiger partial charge in [0, 0.05) is 6.04 Å². The molecule has 24 heavy (non-hydrogen) atoms. The smallest absolute Gasteiger partial charge is 0.338 e. The molecular weight excluding hydrogens is 322 g/mol. The van der Waals surface area contributed by atoms with Crippen molar-refractivity contribution in [2.24, 2.45) is 5.92 Å². The first-order valence-corrected chi connectivity index (χ1v) is 9.64. The summed E-state index contributed by atoms with van der Waals surface area (Å²) < 4.78 is 20.8.